The number of thiophene rings is 1. The molecule has 4 aromatic rings. The Hall–Kier alpha value is -4.98. The Balaban J connectivity index is 0.000000616. The Morgan fingerprint density at radius 3 is 2.02 bits per heavy atom. The number of carbonyl (C=O) groups excluding carboxylic acids is 1. The van der Waals surface area contributed by atoms with Crippen molar-refractivity contribution >= 4 is 44.8 Å². The number of carboxylic acids is 1. The zero-order chi connectivity index (χ0) is 31.0. The molecule has 0 radical (unpaired) electrons. The van der Waals surface area contributed by atoms with Crippen LogP contribution in [0.25, 0.3) is 10.1 Å². The number of halogens is 3. The van der Waals surface area contributed by atoms with E-state index in [4.69, 9.17) is 40.0 Å². The lowest BCUT2D eigenvalue weighted by Crippen LogP contribution is -2.25. The molecule has 0 saturated carbocycles. The molecule has 14 heteroatoms. The molecule has 222 valence electrons. The van der Waals surface area contributed by atoms with E-state index in [1.807, 2.05) is 42.5 Å². The van der Waals surface area contributed by atoms with Crippen LogP contribution in [0.4, 0.5) is 18.9 Å². The van der Waals surface area contributed by atoms with Crippen LogP contribution >= 0.6 is 11.3 Å². The van der Waals surface area contributed by atoms with Crippen molar-refractivity contribution in [2.24, 2.45) is 5.73 Å². The number of nitrogens with one attached hydrogen (secondary N) is 2. The van der Waals surface area contributed by atoms with Gasteiger partial charge in [0.25, 0.3) is 5.91 Å². The number of methoxy groups -OCH3 is 3. The van der Waals surface area contributed by atoms with E-state index >= 15 is 0 Å². The molecule has 4 rings (SSSR count). The molecular weight excluding hydrogens is 579 g/mol. The van der Waals surface area contributed by atoms with E-state index in [1.165, 1.54) is 32.7 Å². The quantitative estimate of drug-likeness (QED) is 0.142. The van der Waals surface area contributed by atoms with E-state index in [-0.39, 0.29) is 11.7 Å². The minimum Gasteiger partial charge on any atom is -0.493 e. The van der Waals surface area contributed by atoms with Crippen LogP contribution in [-0.2, 0) is 9.59 Å². The summed E-state index contributed by atoms with van der Waals surface area (Å²) < 4.78 is 55.1. The van der Waals surface area contributed by atoms with Gasteiger partial charge in [0.1, 0.15) is 11.6 Å². The Morgan fingerprint density at radius 1 is 0.929 bits per heavy atom. The number of anilines is 1. The van der Waals surface area contributed by atoms with Crippen LogP contribution in [0.2, 0.25) is 0 Å². The first kappa shape index (κ1) is 31.5. The number of benzene rings is 3. The summed E-state index contributed by atoms with van der Waals surface area (Å²) in [6.45, 7) is 0. The van der Waals surface area contributed by atoms with Crippen LogP contribution in [0.1, 0.15) is 16.5 Å². The van der Waals surface area contributed by atoms with E-state index < -0.39 is 18.2 Å². The van der Waals surface area contributed by atoms with Crippen LogP contribution in [0.5, 0.6) is 23.0 Å². The molecule has 0 bridgehead atoms. The van der Waals surface area contributed by atoms with E-state index in [9.17, 15) is 18.0 Å². The highest BCUT2D eigenvalue weighted by Crippen LogP contribution is 2.40. The van der Waals surface area contributed by atoms with Crippen molar-refractivity contribution in [2.45, 2.75) is 12.3 Å². The summed E-state index contributed by atoms with van der Waals surface area (Å²) in [6, 6.07) is 19.9. The second-order valence-electron chi connectivity index (χ2n) is 8.31. The van der Waals surface area contributed by atoms with Crippen LogP contribution < -0.4 is 30.0 Å². The van der Waals surface area contributed by atoms with Gasteiger partial charge in [-0.2, -0.15) is 13.2 Å². The fourth-order valence-corrected chi connectivity index (χ4v) is 4.60. The fourth-order valence-electron chi connectivity index (χ4n) is 3.66. The third-order valence-corrected chi connectivity index (χ3v) is 6.68. The Kier molecular flexibility index (Phi) is 10.2. The summed E-state index contributed by atoms with van der Waals surface area (Å²) in [6.07, 6.45) is -6.04. The first-order chi connectivity index (χ1) is 19.9. The van der Waals surface area contributed by atoms with E-state index in [0.29, 0.717) is 39.1 Å². The summed E-state index contributed by atoms with van der Waals surface area (Å²) in [5, 5.41) is 18.6. The number of rotatable bonds is 9. The van der Waals surface area contributed by atoms with Gasteiger partial charge in [-0.1, -0.05) is 36.4 Å². The van der Waals surface area contributed by atoms with Crippen molar-refractivity contribution in [1.29, 1.82) is 5.41 Å². The SMILES string of the molecule is COc1cc(NC(=O)C(Oc2cccc3sc(C(=N)N)cc23)c2ccccc2)cc(OC)c1OC.O=C(O)C(F)(F)F. The summed E-state index contributed by atoms with van der Waals surface area (Å²) >= 11 is 1.40. The average Bonchev–Trinajstić information content (AvgIpc) is 3.41. The molecule has 1 atom stereocenters. The number of carboxylic acid groups (broad SMARTS) is 1. The number of amides is 1. The number of fused-ring (bicyclic) bond motifs is 1. The summed E-state index contributed by atoms with van der Waals surface area (Å²) in [4.78, 5) is 23.0. The predicted octanol–water partition coefficient (Wildman–Crippen LogP) is 5.60. The number of hydrogen-bond donors (Lipinski definition) is 4. The highest BCUT2D eigenvalue weighted by molar-refractivity contribution is 7.20. The van der Waals surface area contributed by atoms with Gasteiger partial charge in [0.05, 0.1) is 26.2 Å². The summed E-state index contributed by atoms with van der Waals surface area (Å²) in [5.74, 6) is -1.39. The molecule has 42 heavy (non-hydrogen) atoms. The van der Waals surface area contributed by atoms with Gasteiger partial charge in [-0.3, -0.25) is 10.2 Å². The number of carbonyl (C=O) groups is 2. The van der Waals surface area contributed by atoms with Crippen molar-refractivity contribution in [1.82, 2.24) is 0 Å². The Bertz CT molecular complexity index is 1550. The van der Waals surface area contributed by atoms with Gasteiger partial charge in [-0.05, 0) is 18.2 Å². The van der Waals surface area contributed by atoms with Gasteiger partial charge in [-0.15, -0.1) is 11.3 Å². The molecule has 0 aliphatic heterocycles. The third-order valence-electron chi connectivity index (χ3n) is 5.55. The second-order valence-corrected chi connectivity index (χ2v) is 9.39. The predicted molar refractivity (Wildman–Crippen MR) is 151 cm³/mol. The van der Waals surface area contributed by atoms with Crippen molar-refractivity contribution in [3.63, 3.8) is 0 Å². The molecule has 5 N–H and O–H groups in total. The number of ether oxygens (including phenoxy) is 4. The van der Waals surface area contributed by atoms with Gasteiger partial charge in [0.15, 0.2) is 11.5 Å². The van der Waals surface area contributed by atoms with E-state index in [0.717, 1.165) is 10.1 Å². The second kappa shape index (κ2) is 13.6. The van der Waals surface area contributed by atoms with Gasteiger partial charge in [0, 0.05) is 33.5 Å². The highest BCUT2D eigenvalue weighted by atomic mass is 32.1. The number of alkyl halides is 3. The van der Waals surface area contributed by atoms with Crippen LogP contribution in [0.3, 0.4) is 0 Å². The molecule has 0 aliphatic rings. The average molecular weight is 606 g/mol. The molecule has 0 saturated heterocycles. The highest BCUT2D eigenvalue weighted by Gasteiger charge is 2.38. The maximum atomic E-state index is 13.5. The third kappa shape index (κ3) is 7.60. The van der Waals surface area contributed by atoms with Crippen LogP contribution in [0.15, 0.2) is 66.7 Å². The first-order valence-electron chi connectivity index (χ1n) is 11.9. The zero-order valence-electron chi connectivity index (χ0n) is 22.4. The molecule has 1 unspecified atom stereocenters. The fraction of sp³-hybridized carbons (Fsp3) is 0.179. The molecule has 0 spiro atoms. The number of amidine groups is 1. The maximum absolute atomic E-state index is 13.5. The minimum absolute atomic E-state index is 0.0168. The molecular formula is C28H26F3N3O7S. The van der Waals surface area contributed by atoms with Crippen molar-refractivity contribution < 1.29 is 46.8 Å². The van der Waals surface area contributed by atoms with Gasteiger partial charge in [-0.25, -0.2) is 4.79 Å². The number of nitrogens with two attached hydrogens (primary N) is 1. The smallest absolute Gasteiger partial charge is 0.490 e. The minimum atomic E-state index is -5.08. The number of aliphatic carboxylic acids is 1. The van der Waals surface area contributed by atoms with Gasteiger partial charge in [0.2, 0.25) is 11.9 Å². The standard InChI is InChI=1S/C26H25N3O5S.C2HF3O2/c1-31-19-12-16(13-20(32-2)24(19)33-3)29-26(30)23(15-8-5-4-6-9-15)34-18-10-7-11-21-17(18)14-22(35-21)25(27)28;3-2(4,5)1(6)7/h4-14,23H,1-3H3,(H3,27,28)(H,29,30);(H,6,7). The van der Waals surface area contributed by atoms with Gasteiger partial charge >= 0.3 is 12.1 Å². The monoisotopic (exact) mass is 605 g/mol. The molecule has 1 heterocycles. The Labute approximate surface area is 241 Å². The lowest BCUT2D eigenvalue weighted by molar-refractivity contribution is -0.192. The lowest BCUT2D eigenvalue weighted by atomic mass is 10.1. The van der Waals surface area contributed by atoms with Gasteiger partial charge < -0.3 is 35.1 Å². The van der Waals surface area contributed by atoms with Crippen LogP contribution in [-0.4, -0.2) is 50.3 Å². The lowest BCUT2D eigenvalue weighted by Gasteiger charge is -2.21. The number of hydrogen-bond acceptors (Lipinski definition) is 8. The largest absolute Gasteiger partial charge is 0.493 e. The molecule has 10 nitrogen and oxygen atoms in total. The maximum Gasteiger partial charge on any atom is 0.490 e. The topological polar surface area (TPSA) is 153 Å². The molecule has 1 aromatic heterocycles. The first-order valence-corrected chi connectivity index (χ1v) is 12.7. The van der Waals surface area contributed by atoms with Crippen molar-refractivity contribution in [3.8, 4) is 23.0 Å². The van der Waals surface area contributed by atoms with Crippen LogP contribution in [0, 0.1) is 5.41 Å². The van der Waals surface area contributed by atoms with E-state index in [1.54, 1.807) is 24.3 Å². The zero-order valence-corrected chi connectivity index (χ0v) is 23.3. The van der Waals surface area contributed by atoms with Crippen molar-refractivity contribution in [2.75, 3.05) is 26.6 Å². The summed E-state index contributed by atoms with van der Waals surface area (Å²) in [7, 11) is 4.53. The molecule has 3 aromatic carbocycles. The normalized spacial score (nSPS) is 11.5. The summed E-state index contributed by atoms with van der Waals surface area (Å²) in [5.41, 5.74) is 6.82. The van der Waals surface area contributed by atoms with Crippen molar-refractivity contribution in [3.05, 3.63) is 77.2 Å². The molecule has 0 fully saturated rings. The molecule has 0 aliphatic carbocycles. The Morgan fingerprint density at radius 2 is 1.52 bits per heavy atom. The van der Waals surface area contributed by atoms with E-state index in [2.05, 4.69) is 5.32 Å². The molecule has 1 amide bonds. The number of nitrogen functional groups attached to an aromatic ring is 1.